The number of carbonyl (C=O) groups is 1. The molecule has 0 saturated heterocycles. The maximum atomic E-state index is 12.1. The number of rotatable bonds is 9. The number of hydrogen-bond donors (Lipinski definition) is 2. The maximum absolute atomic E-state index is 12.1. The third-order valence-corrected chi connectivity index (χ3v) is 4.70. The third kappa shape index (κ3) is 5.22. The minimum atomic E-state index is -0.417. The minimum Gasteiger partial charge on any atom is -0.379 e. The van der Waals surface area contributed by atoms with Crippen molar-refractivity contribution in [1.82, 2.24) is 5.32 Å². The number of para-hydroxylation sites is 2. The summed E-state index contributed by atoms with van der Waals surface area (Å²) in [6.07, 6.45) is 7.39. The van der Waals surface area contributed by atoms with Crippen molar-refractivity contribution in [3.05, 3.63) is 34.4 Å². The Kier molecular flexibility index (Phi) is 7.03. The number of anilines is 1. The highest BCUT2D eigenvalue weighted by atomic mass is 16.6. The molecule has 2 unspecified atom stereocenters. The monoisotopic (exact) mass is 333 g/mol. The third-order valence-electron chi connectivity index (χ3n) is 4.70. The van der Waals surface area contributed by atoms with Gasteiger partial charge in [0.05, 0.1) is 4.92 Å². The SMILES string of the molecule is CCCCC1CCCC1NC(=O)CCNc1ccccc1[N+](=O)[O-]. The van der Waals surface area contributed by atoms with Crippen LogP contribution >= 0.6 is 0 Å². The standard InChI is InChI=1S/C18H27N3O3/c1-2-3-7-14-8-6-10-15(14)20-18(22)12-13-19-16-9-4-5-11-17(16)21(23)24/h4-5,9,11,14-15,19H,2-3,6-8,10,12-13H2,1H3,(H,20,22). The van der Waals surface area contributed by atoms with Crippen molar-refractivity contribution < 1.29 is 9.72 Å². The van der Waals surface area contributed by atoms with Crippen LogP contribution in [-0.4, -0.2) is 23.4 Å². The van der Waals surface area contributed by atoms with Crippen LogP contribution in [0.25, 0.3) is 0 Å². The van der Waals surface area contributed by atoms with Crippen LogP contribution in [-0.2, 0) is 4.79 Å². The van der Waals surface area contributed by atoms with Crippen LogP contribution in [0.3, 0.4) is 0 Å². The Labute approximate surface area is 143 Å². The number of nitro benzene ring substituents is 1. The number of hydrogen-bond acceptors (Lipinski definition) is 4. The van der Waals surface area contributed by atoms with Gasteiger partial charge in [0.1, 0.15) is 5.69 Å². The zero-order valence-corrected chi connectivity index (χ0v) is 14.3. The van der Waals surface area contributed by atoms with E-state index < -0.39 is 4.92 Å². The van der Waals surface area contributed by atoms with E-state index in [1.165, 1.54) is 38.2 Å². The first-order chi connectivity index (χ1) is 11.6. The van der Waals surface area contributed by atoms with E-state index in [0.717, 1.165) is 6.42 Å². The second kappa shape index (κ2) is 9.25. The molecule has 1 amide bonds. The average molecular weight is 333 g/mol. The fourth-order valence-corrected chi connectivity index (χ4v) is 3.41. The number of benzene rings is 1. The van der Waals surface area contributed by atoms with Crippen molar-refractivity contribution in [2.24, 2.45) is 5.92 Å². The summed E-state index contributed by atoms with van der Waals surface area (Å²) < 4.78 is 0. The highest BCUT2D eigenvalue weighted by Gasteiger charge is 2.27. The molecule has 0 spiro atoms. The predicted molar refractivity (Wildman–Crippen MR) is 95.0 cm³/mol. The van der Waals surface area contributed by atoms with Crippen LogP contribution in [0.15, 0.2) is 24.3 Å². The summed E-state index contributed by atoms with van der Waals surface area (Å²) in [5, 5.41) is 17.1. The van der Waals surface area contributed by atoms with Crippen molar-refractivity contribution in [3.63, 3.8) is 0 Å². The molecule has 1 aromatic rings. The summed E-state index contributed by atoms with van der Waals surface area (Å²) in [7, 11) is 0. The number of carbonyl (C=O) groups excluding carboxylic acids is 1. The largest absolute Gasteiger partial charge is 0.379 e. The van der Waals surface area contributed by atoms with Gasteiger partial charge in [-0.05, 0) is 31.2 Å². The molecule has 1 aliphatic carbocycles. The molecule has 1 saturated carbocycles. The number of nitro groups is 1. The topological polar surface area (TPSA) is 84.3 Å². The van der Waals surface area contributed by atoms with Gasteiger partial charge in [0, 0.05) is 25.1 Å². The second-order valence-electron chi connectivity index (χ2n) is 6.46. The van der Waals surface area contributed by atoms with Crippen LogP contribution in [0.5, 0.6) is 0 Å². The van der Waals surface area contributed by atoms with Crippen molar-refractivity contribution in [2.45, 2.75) is 57.9 Å². The van der Waals surface area contributed by atoms with E-state index in [0.29, 0.717) is 30.6 Å². The summed E-state index contributed by atoms with van der Waals surface area (Å²) in [5.41, 5.74) is 0.491. The first-order valence-electron chi connectivity index (χ1n) is 8.88. The van der Waals surface area contributed by atoms with Gasteiger partial charge < -0.3 is 10.6 Å². The van der Waals surface area contributed by atoms with Gasteiger partial charge in [-0.1, -0.05) is 38.3 Å². The van der Waals surface area contributed by atoms with E-state index in [4.69, 9.17) is 0 Å². The van der Waals surface area contributed by atoms with Gasteiger partial charge >= 0.3 is 0 Å². The summed E-state index contributed by atoms with van der Waals surface area (Å²) in [6, 6.07) is 6.79. The Morgan fingerprint density at radius 3 is 2.88 bits per heavy atom. The Morgan fingerprint density at radius 2 is 2.12 bits per heavy atom. The lowest BCUT2D eigenvalue weighted by atomic mass is 9.97. The lowest BCUT2D eigenvalue weighted by molar-refractivity contribution is -0.384. The molecule has 6 nitrogen and oxygen atoms in total. The zero-order valence-electron chi connectivity index (χ0n) is 14.3. The van der Waals surface area contributed by atoms with E-state index >= 15 is 0 Å². The highest BCUT2D eigenvalue weighted by Crippen LogP contribution is 2.30. The van der Waals surface area contributed by atoms with Gasteiger partial charge in [-0.25, -0.2) is 0 Å². The quantitative estimate of drug-likeness (QED) is 0.531. The number of nitrogens with one attached hydrogen (secondary N) is 2. The molecule has 6 heteroatoms. The van der Waals surface area contributed by atoms with Crippen molar-refractivity contribution in [3.8, 4) is 0 Å². The molecule has 1 fully saturated rings. The number of amides is 1. The number of nitrogens with zero attached hydrogens (tertiary/aromatic N) is 1. The normalized spacial score (nSPS) is 19.9. The van der Waals surface area contributed by atoms with Gasteiger partial charge in [-0.3, -0.25) is 14.9 Å². The Bertz CT molecular complexity index is 562. The molecule has 0 aliphatic heterocycles. The lowest BCUT2D eigenvalue weighted by Gasteiger charge is -2.21. The van der Waals surface area contributed by atoms with Crippen molar-refractivity contribution in [2.75, 3.05) is 11.9 Å². The average Bonchev–Trinajstić information content (AvgIpc) is 3.00. The molecule has 24 heavy (non-hydrogen) atoms. The number of unbranched alkanes of at least 4 members (excludes halogenated alkanes) is 1. The van der Waals surface area contributed by atoms with Gasteiger partial charge in [-0.15, -0.1) is 0 Å². The van der Waals surface area contributed by atoms with Gasteiger partial charge in [0.2, 0.25) is 5.91 Å². The van der Waals surface area contributed by atoms with Crippen molar-refractivity contribution in [1.29, 1.82) is 0 Å². The van der Waals surface area contributed by atoms with Crippen LogP contribution in [0.1, 0.15) is 51.9 Å². The van der Waals surface area contributed by atoms with E-state index in [9.17, 15) is 14.9 Å². The molecule has 0 bridgehead atoms. The van der Waals surface area contributed by atoms with Crippen LogP contribution in [0.4, 0.5) is 11.4 Å². The molecule has 2 rings (SSSR count). The molecule has 0 aromatic heterocycles. The zero-order chi connectivity index (χ0) is 17.4. The molecule has 2 atom stereocenters. The van der Waals surface area contributed by atoms with Crippen molar-refractivity contribution >= 4 is 17.3 Å². The van der Waals surface area contributed by atoms with Gasteiger partial charge in [0.15, 0.2) is 0 Å². The fourth-order valence-electron chi connectivity index (χ4n) is 3.41. The highest BCUT2D eigenvalue weighted by molar-refractivity contribution is 5.77. The molecule has 2 N–H and O–H groups in total. The van der Waals surface area contributed by atoms with Crippen LogP contribution in [0, 0.1) is 16.0 Å². The lowest BCUT2D eigenvalue weighted by Crippen LogP contribution is -2.38. The van der Waals surface area contributed by atoms with E-state index in [1.54, 1.807) is 18.2 Å². The Balaban J connectivity index is 1.76. The Morgan fingerprint density at radius 1 is 1.33 bits per heavy atom. The first-order valence-corrected chi connectivity index (χ1v) is 8.88. The summed E-state index contributed by atoms with van der Waals surface area (Å²) in [5.74, 6) is 0.631. The molecule has 0 heterocycles. The van der Waals surface area contributed by atoms with Gasteiger partial charge in [-0.2, -0.15) is 0 Å². The molecule has 1 aromatic carbocycles. The van der Waals surface area contributed by atoms with Crippen LogP contribution in [0.2, 0.25) is 0 Å². The molecule has 132 valence electrons. The summed E-state index contributed by atoms with van der Waals surface area (Å²) in [4.78, 5) is 22.7. The maximum Gasteiger partial charge on any atom is 0.292 e. The molecule has 1 aliphatic rings. The van der Waals surface area contributed by atoms with E-state index in [1.807, 2.05) is 0 Å². The van der Waals surface area contributed by atoms with E-state index in [2.05, 4.69) is 17.6 Å². The molecule has 0 radical (unpaired) electrons. The second-order valence-corrected chi connectivity index (χ2v) is 6.46. The van der Waals surface area contributed by atoms with E-state index in [-0.39, 0.29) is 11.6 Å². The summed E-state index contributed by atoms with van der Waals surface area (Å²) in [6.45, 7) is 2.58. The minimum absolute atomic E-state index is 0.0227. The fraction of sp³-hybridized carbons (Fsp3) is 0.611. The first kappa shape index (κ1) is 18.2. The Hall–Kier alpha value is -2.11. The van der Waals surface area contributed by atoms with Gasteiger partial charge in [0.25, 0.3) is 5.69 Å². The van der Waals surface area contributed by atoms with Crippen LogP contribution < -0.4 is 10.6 Å². The smallest absolute Gasteiger partial charge is 0.292 e. The summed E-state index contributed by atoms with van der Waals surface area (Å²) >= 11 is 0. The molecular formula is C18H27N3O3. The molecular weight excluding hydrogens is 306 g/mol. The predicted octanol–water partition coefficient (Wildman–Crippen LogP) is 3.87.